The van der Waals surface area contributed by atoms with Gasteiger partial charge in [0.05, 0.1) is 6.04 Å². The minimum absolute atomic E-state index is 0.154. The summed E-state index contributed by atoms with van der Waals surface area (Å²) in [4.78, 5) is 48.7. The third-order valence-corrected chi connectivity index (χ3v) is 4.64. The van der Waals surface area contributed by atoms with E-state index in [-0.39, 0.29) is 12.8 Å². The van der Waals surface area contributed by atoms with Gasteiger partial charge in [-0.1, -0.05) is 30.3 Å². The molecule has 8 N–H and O–H groups in total. The topological polar surface area (TPSA) is 177 Å². The molecule has 0 heterocycles. The Morgan fingerprint density at radius 1 is 0.903 bits per heavy atom. The summed E-state index contributed by atoms with van der Waals surface area (Å²) in [5.74, 6) is -2.87. The molecular weight excluding hydrogens is 402 g/mol. The summed E-state index contributed by atoms with van der Waals surface area (Å²) in [6.07, 6.45) is 1.57. The van der Waals surface area contributed by atoms with E-state index in [4.69, 9.17) is 11.5 Å². The number of carboxylic acid groups (broad SMARTS) is 1. The number of nitrogens with two attached hydrogens (primary N) is 2. The molecule has 0 unspecified atom stereocenters. The van der Waals surface area contributed by atoms with Gasteiger partial charge in [-0.15, -0.1) is 0 Å². The van der Waals surface area contributed by atoms with Crippen molar-refractivity contribution in [2.75, 3.05) is 6.54 Å². The summed E-state index contributed by atoms with van der Waals surface area (Å²) >= 11 is 0. The van der Waals surface area contributed by atoms with Crippen LogP contribution in [0.5, 0.6) is 0 Å². The van der Waals surface area contributed by atoms with Crippen molar-refractivity contribution in [1.82, 2.24) is 16.0 Å². The van der Waals surface area contributed by atoms with Gasteiger partial charge in [-0.05, 0) is 45.2 Å². The van der Waals surface area contributed by atoms with Crippen molar-refractivity contribution in [3.63, 3.8) is 0 Å². The highest BCUT2D eigenvalue weighted by atomic mass is 16.4. The van der Waals surface area contributed by atoms with Crippen LogP contribution in [0.2, 0.25) is 0 Å². The lowest BCUT2D eigenvalue weighted by Gasteiger charge is -2.23. The number of rotatable bonds is 13. The summed E-state index contributed by atoms with van der Waals surface area (Å²) in [5, 5.41) is 17.0. The van der Waals surface area contributed by atoms with Gasteiger partial charge in [-0.3, -0.25) is 14.4 Å². The van der Waals surface area contributed by atoms with Crippen LogP contribution in [-0.4, -0.2) is 59.5 Å². The quantitative estimate of drug-likeness (QED) is 0.221. The van der Waals surface area contributed by atoms with Crippen LogP contribution in [0.3, 0.4) is 0 Å². The molecule has 0 aliphatic rings. The molecule has 0 aliphatic carbocycles. The van der Waals surface area contributed by atoms with Crippen LogP contribution in [0, 0.1) is 0 Å². The van der Waals surface area contributed by atoms with E-state index in [1.807, 2.05) is 6.07 Å². The number of unbranched alkanes of at least 4 members (excludes halogenated alkanes) is 1. The van der Waals surface area contributed by atoms with Crippen LogP contribution >= 0.6 is 0 Å². The van der Waals surface area contributed by atoms with Gasteiger partial charge < -0.3 is 32.5 Å². The first kappa shape index (κ1) is 26.1. The molecule has 0 aromatic heterocycles. The number of carbonyl (C=O) groups excluding carboxylic acids is 3. The van der Waals surface area contributed by atoms with E-state index in [0.29, 0.717) is 19.4 Å². The normalized spacial score (nSPS) is 14.6. The zero-order valence-corrected chi connectivity index (χ0v) is 18.0. The number of nitrogens with one attached hydrogen (secondary N) is 3. The lowest BCUT2D eigenvalue weighted by Crippen LogP contribution is -2.56. The van der Waals surface area contributed by atoms with Gasteiger partial charge in [-0.25, -0.2) is 4.79 Å². The van der Waals surface area contributed by atoms with Crippen LogP contribution in [0.15, 0.2) is 30.3 Å². The van der Waals surface area contributed by atoms with Crippen LogP contribution in [0.4, 0.5) is 0 Å². The lowest BCUT2D eigenvalue weighted by molar-refractivity contribution is -0.142. The molecular formula is C21H33N5O5. The Bertz CT molecular complexity index is 741. The molecule has 4 atom stereocenters. The second-order valence-electron chi connectivity index (χ2n) is 7.45. The molecule has 1 aromatic rings. The van der Waals surface area contributed by atoms with Gasteiger partial charge in [0.2, 0.25) is 17.7 Å². The first-order valence-electron chi connectivity index (χ1n) is 10.3. The number of carboxylic acids is 1. The highest BCUT2D eigenvalue weighted by Gasteiger charge is 2.28. The fourth-order valence-corrected chi connectivity index (χ4v) is 2.79. The fraction of sp³-hybridized carbons (Fsp3) is 0.524. The first-order valence-corrected chi connectivity index (χ1v) is 10.3. The van der Waals surface area contributed by atoms with Crippen molar-refractivity contribution < 1.29 is 24.3 Å². The predicted molar refractivity (Wildman–Crippen MR) is 116 cm³/mol. The molecule has 0 saturated heterocycles. The number of aliphatic carboxylic acids is 1. The van der Waals surface area contributed by atoms with Crippen LogP contribution in [0.1, 0.15) is 38.7 Å². The average Bonchev–Trinajstić information content (AvgIpc) is 2.72. The van der Waals surface area contributed by atoms with Gasteiger partial charge in [0, 0.05) is 6.42 Å². The molecule has 1 aromatic carbocycles. The van der Waals surface area contributed by atoms with E-state index in [9.17, 15) is 24.3 Å². The zero-order chi connectivity index (χ0) is 23.4. The molecule has 10 nitrogen and oxygen atoms in total. The number of amides is 3. The lowest BCUT2D eigenvalue weighted by atomic mass is 10.0. The molecule has 0 radical (unpaired) electrons. The van der Waals surface area contributed by atoms with E-state index in [1.165, 1.54) is 13.8 Å². The Morgan fingerprint density at radius 3 is 2.06 bits per heavy atom. The van der Waals surface area contributed by atoms with E-state index in [2.05, 4.69) is 16.0 Å². The molecule has 0 aliphatic heterocycles. The van der Waals surface area contributed by atoms with Gasteiger partial charge in [0.15, 0.2) is 0 Å². The Kier molecular flexibility index (Phi) is 11.2. The van der Waals surface area contributed by atoms with E-state index in [1.54, 1.807) is 24.3 Å². The Hall–Kier alpha value is -2.98. The highest BCUT2D eigenvalue weighted by molar-refractivity contribution is 5.93. The maximum absolute atomic E-state index is 12.9. The predicted octanol–water partition coefficient (Wildman–Crippen LogP) is -0.736. The van der Waals surface area contributed by atoms with Gasteiger partial charge in [0.25, 0.3) is 0 Å². The molecule has 10 heteroatoms. The SMILES string of the molecule is C[C@H](N)C(=O)N[C@@H](C)C(=O)N[C@@H](Cc1ccccc1)C(=O)N[C@@H](CCCCN)C(=O)O. The fourth-order valence-electron chi connectivity index (χ4n) is 2.79. The summed E-state index contributed by atoms with van der Waals surface area (Å²) in [6.45, 7) is 3.39. The highest BCUT2D eigenvalue weighted by Crippen LogP contribution is 2.06. The average molecular weight is 436 g/mol. The van der Waals surface area contributed by atoms with E-state index < -0.39 is 47.9 Å². The maximum atomic E-state index is 12.9. The Morgan fingerprint density at radius 2 is 1.52 bits per heavy atom. The van der Waals surface area contributed by atoms with Crippen LogP contribution in [-0.2, 0) is 25.6 Å². The van der Waals surface area contributed by atoms with Crippen molar-refractivity contribution in [2.45, 2.75) is 63.7 Å². The van der Waals surface area contributed by atoms with Gasteiger partial charge >= 0.3 is 5.97 Å². The number of benzene rings is 1. The molecule has 172 valence electrons. The molecule has 0 spiro atoms. The van der Waals surface area contributed by atoms with Crippen molar-refractivity contribution in [3.05, 3.63) is 35.9 Å². The van der Waals surface area contributed by atoms with Crippen molar-refractivity contribution in [1.29, 1.82) is 0 Å². The van der Waals surface area contributed by atoms with Crippen LogP contribution in [0.25, 0.3) is 0 Å². The third kappa shape index (κ3) is 9.58. The second kappa shape index (κ2) is 13.3. The molecule has 0 bridgehead atoms. The van der Waals surface area contributed by atoms with Crippen molar-refractivity contribution >= 4 is 23.7 Å². The molecule has 31 heavy (non-hydrogen) atoms. The molecule has 0 fully saturated rings. The molecule has 1 rings (SSSR count). The number of hydrogen-bond donors (Lipinski definition) is 6. The van der Waals surface area contributed by atoms with E-state index >= 15 is 0 Å². The Balaban J connectivity index is 2.91. The van der Waals surface area contributed by atoms with Crippen molar-refractivity contribution in [2.24, 2.45) is 11.5 Å². The molecule has 0 saturated carbocycles. The van der Waals surface area contributed by atoms with Gasteiger partial charge in [-0.2, -0.15) is 0 Å². The minimum Gasteiger partial charge on any atom is -0.480 e. The third-order valence-electron chi connectivity index (χ3n) is 4.64. The summed E-state index contributed by atoms with van der Waals surface area (Å²) in [6, 6.07) is 5.17. The van der Waals surface area contributed by atoms with E-state index in [0.717, 1.165) is 5.56 Å². The summed E-state index contributed by atoms with van der Waals surface area (Å²) in [7, 11) is 0. The van der Waals surface area contributed by atoms with Crippen LogP contribution < -0.4 is 27.4 Å². The smallest absolute Gasteiger partial charge is 0.326 e. The minimum atomic E-state index is -1.16. The summed E-state index contributed by atoms with van der Waals surface area (Å²) < 4.78 is 0. The number of carbonyl (C=O) groups is 4. The zero-order valence-electron chi connectivity index (χ0n) is 18.0. The standard InChI is InChI=1S/C21H33N5O5/c1-13(23)18(27)24-14(2)19(28)26-17(12-15-8-4-3-5-9-15)20(29)25-16(21(30)31)10-6-7-11-22/h3-5,8-9,13-14,16-17H,6-7,10-12,22-23H2,1-2H3,(H,24,27)(H,25,29)(H,26,28)(H,30,31)/t13-,14-,16-,17-/m0/s1. The van der Waals surface area contributed by atoms with Gasteiger partial charge in [0.1, 0.15) is 18.1 Å². The second-order valence-corrected chi connectivity index (χ2v) is 7.45. The number of hydrogen-bond acceptors (Lipinski definition) is 6. The largest absolute Gasteiger partial charge is 0.480 e. The monoisotopic (exact) mass is 435 g/mol. The first-order chi connectivity index (χ1) is 14.6. The van der Waals surface area contributed by atoms with Crippen molar-refractivity contribution in [3.8, 4) is 0 Å². The summed E-state index contributed by atoms with van der Waals surface area (Å²) in [5.41, 5.74) is 11.7. The maximum Gasteiger partial charge on any atom is 0.326 e. The molecule has 3 amide bonds. The Labute approximate surface area is 182 Å².